The molecule has 0 atom stereocenters. The molecule has 8 heteroatoms. The Bertz CT molecular complexity index is 993. The summed E-state index contributed by atoms with van der Waals surface area (Å²) in [5.41, 5.74) is 2.56. The smallest absolute Gasteiger partial charge is 0.269 e. The standard InChI is InChI=1S/C23H26N4O4/c1-25(2)21-12-9-18(16-20(21)23(29)26-14-4-3-5-15-26)24-22(28)13-8-17-6-10-19(11-7-17)27(30)31/h6-13,16H,3-5,14-15H2,1-2H3,(H,24,28)/b13-8+. The zero-order valence-electron chi connectivity index (χ0n) is 17.7. The van der Waals surface area contributed by atoms with Gasteiger partial charge in [0, 0.05) is 56.8 Å². The van der Waals surface area contributed by atoms with Crippen molar-refractivity contribution < 1.29 is 14.5 Å². The quantitative estimate of drug-likeness (QED) is 0.432. The topological polar surface area (TPSA) is 95.8 Å². The predicted molar refractivity (Wildman–Crippen MR) is 121 cm³/mol. The zero-order chi connectivity index (χ0) is 22.4. The SMILES string of the molecule is CN(C)c1ccc(NC(=O)/C=C/c2ccc([N+](=O)[O-])cc2)cc1C(=O)N1CCCCC1. The minimum atomic E-state index is -0.472. The van der Waals surface area contributed by atoms with E-state index >= 15 is 0 Å². The summed E-state index contributed by atoms with van der Waals surface area (Å²) in [6.45, 7) is 1.50. The fourth-order valence-corrected chi connectivity index (χ4v) is 3.51. The van der Waals surface area contributed by atoms with Crippen molar-refractivity contribution in [3.05, 3.63) is 69.8 Å². The third-order valence-corrected chi connectivity index (χ3v) is 5.15. The molecule has 0 unspecified atom stereocenters. The Hall–Kier alpha value is -3.68. The van der Waals surface area contributed by atoms with E-state index < -0.39 is 4.92 Å². The van der Waals surface area contributed by atoms with Gasteiger partial charge in [-0.25, -0.2) is 0 Å². The third kappa shape index (κ3) is 5.69. The highest BCUT2D eigenvalue weighted by Gasteiger charge is 2.22. The number of carbonyl (C=O) groups excluding carboxylic acids is 2. The minimum Gasteiger partial charge on any atom is -0.377 e. The van der Waals surface area contributed by atoms with Crippen LogP contribution >= 0.6 is 0 Å². The van der Waals surface area contributed by atoms with Gasteiger partial charge < -0.3 is 15.1 Å². The van der Waals surface area contributed by atoms with Crippen LogP contribution in [0.25, 0.3) is 6.08 Å². The van der Waals surface area contributed by atoms with Gasteiger partial charge in [-0.3, -0.25) is 19.7 Å². The van der Waals surface area contributed by atoms with E-state index in [9.17, 15) is 19.7 Å². The van der Waals surface area contributed by atoms with Crippen LogP contribution in [0.3, 0.4) is 0 Å². The summed E-state index contributed by atoms with van der Waals surface area (Å²) in [7, 11) is 3.76. The first-order chi connectivity index (χ1) is 14.8. The number of hydrogen-bond donors (Lipinski definition) is 1. The van der Waals surface area contributed by atoms with Crippen molar-refractivity contribution in [2.45, 2.75) is 19.3 Å². The first-order valence-electron chi connectivity index (χ1n) is 10.2. The summed E-state index contributed by atoms with van der Waals surface area (Å²) in [5, 5.41) is 13.5. The maximum atomic E-state index is 13.1. The Kier molecular flexibility index (Phi) is 7.02. The van der Waals surface area contributed by atoms with Crippen LogP contribution in [0.4, 0.5) is 17.1 Å². The molecule has 0 saturated carbocycles. The Labute approximate surface area is 181 Å². The van der Waals surface area contributed by atoms with Gasteiger partial charge in [0.2, 0.25) is 5.91 Å². The highest BCUT2D eigenvalue weighted by Crippen LogP contribution is 2.26. The van der Waals surface area contributed by atoms with Crippen LogP contribution in [0, 0.1) is 10.1 Å². The average Bonchev–Trinajstić information content (AvgIpc) is 2.78. The third-order valence-electron chi connectivity index (χ3n) is 5.15. The fourth-order valence-electron chi connectivity index (χ4n) is 3.51. The van der Waals surface area contributed by atoms with E-state index in [0.29, 0.717) is 16.8 Å². The summed E-state index contributed by atoms with van der Waals surface area (Å²) in [5.74, 6) is -0.381. The van der Waals surface area contributed by atoms with Crippen LogP contribution in [-0.2, 0) is 4.79 Å². The Morgan fingerprint density at radius 2 is 1.74 bits per heavy atom. The number of nitro benzene ring substituents is 1. The van der Waals surface area contributed by atoms with Crippen molar-refractivity contribution >= 4 is 35.0 Å². The molecule has 162 valence electrons. The molecule has 0 spiro atoms. The number of anilines is 2. The van der Waals surface area contributed by atoms with Crippen molar-refractivity contribution in [3.8, 4) is 0 Å². The Balaban J connectivity index is 1.73. The number of carbonyl (C=O) groups is 2. The number of rotatable bonds is 6. The molecule has 1 N–H and O–H groups in total. The van der Waals surface area contributed by atoms with Crippen LogP contribution < -0.4 is 10.2 Å². The maximum absolute atomic E-state index is 13.1. The molecule has 2 amide bonds. The van der Waals surface area contributed by atoms with Crippen LogP contribution in [0.1, 0.15) is 35.2 Å². The minimum absolute atomic E-state index is 0.00603. The van der Waals surface area contributed by atoms with Crippen molar-refractivity contribution in [1.29, 1.82) is 0 Å². The molecular formula is C23H26N4O4. The molecule has 1 aliphatic heterocycles. The first-order valence-corrected chi connectivity index (χ1v) is 10.2. The molecule has 0 radical (unpaired) electrons. The van der Waals surface area contributed by atoms with Gasteiger partial charge in [0.1, 0.15) is 0 Å². The summed E-state index contributed by atoms with van der Waals surface area (Å²) in [6.07, 6.45) is 6.08. The van der Waals surface area contributed by atoms with Crippen molar-refractivity contribution in [3.63, 3.8) is 0 Å². The fraction of sp³-hybridized carbons (Fsp3) is 0.304. The van der Waals surface area contributed by atoms with E-state index in [2.05, 4.69) is 5.32 Å². The second-order valence-electron chi connectivity index (χ2n) is 7.65. The molecule has 2 aromatic carbocycles. The van der Waals surface area contributed by atoms with E-state index in [-0.39, 0.29) is 17.5 Å². The monoisotopic (exact) mass is 422 g/mol. The number of amides is 2. The Morgan fingerprint density at radius 1 is 1.06 bits per heavy atom. The molecule has 0 aromatic heterocycles. The molecule has 8 nitrogen and oxygen atoms in total. The van der Waals surface area contributed by atoms with E-state index in [1.54, 1.807) is 30.3 Å². The van der Waals surface area contributed by atoms with Gasteiger partial charge >= 0.3 is 0 Å². The van der Waals surface area contributed by atoms with Gasteiger partial charge in [-0.1, -0.05) is 0 Å². The van der Waals surface area contributed by atoms with Crippen LogP contribution in [0.2, 0.25) is 0 Å². The van der Waals surface area contributed by atoms with E-state index in [4.69, 9.17) is 0 Å². The maximum Gasteiger partial charge on any atom is 0.269 e. The van der Waals surface area contributed by atoms with Crippen LogP contribution in [-0.4, -0.2) is 48.8 Å². The second-order valence-corrected chi connectivity index (χ2v) is 7.65. The first kappa shape index (κ1) is 22.0. The van der Waals surface area contributed by atoms with Crippen molar-refractivity contribution in [2.24, 2.45) is 0 Å². The normalized spacial score (nSPS) is 13.8. The largest absolute Gasteiger partial charge is 0.377 e. The molecule has 1 heterocycles. The highest BCUT2D eigenvalue weighted by molar-refractivity contribution is 6.05. The summed E-state index contributed by atoms with van der Waals surface area (Å²) >= 11 is 0. The number of nitrogens with one attached hydrogen (secondary N) is 1. The lowest BCUT2D eigenvalue weighted by Gasteiger charge is -2.28. The molecule has 1 fully saturated rings. The lowest BCUT2D eigenvalue weighted by atomic mass is 10.1. The van der Waals surface area contributed by atoms with Gasteiger partial charge in [0.25, 0.3) is 11.6 Å². The number of benzene rings is 2. The molecule has 3 rings (SSSR count). The molecule has 0 bridgehead atoms. The predicted octanol–water partition coefficient (Wildman–Crippen LogP) is 3.94. The number of likely N-dealkylation sites (tertiary alicyclic amines) is 1. The molecule has 1 saturated heterocycles. The Morgan fingerprint density at radius 3 is 2.35 bits per heavy atom. The number of nitrogens with zero attached hydrogens (tertiary/aromatic N) is 3. The number of hydrogen-bond acceptors (Lipinski definition) is 5. The van der Waals surface area contributed by atoms with Gasteiger partial charge in [0.15, 0.2) is 0 Å². The summed E-state index contributed by atoms with van der Waals surface area (Å²) in [6, 6.07) is 11.2. The van der Waals surface area contributed by atoms with E-state index in [1.165, 1.54) is 18.2 Å². The molecular weight excluding hydrogens is 396 g/mol. The van der Waals surface area contributed by atoms with E-state index in [0.717, 1.165) is 38.0 Å². The molecule has 0 aliphatic carbocycles. The van der Waals surface area contributed by atoms with Gasteiger partial charge in [-0.15, -0.1) is 0 Å². The van der Waals surface area contributed by atoms with Crippen LogP contribution in [0.15, 0.2) is 48.5 Å². The van der Waals surface area contributed by atoms with Gasteiger partial charge in [-0.2, -0.15) is 0 Å². The van der Waals surface area contributed by atoms with Crippen molar-refractivity contribution in [2.75, 3.05) is 37.4 Å². The number of piperidine rings is 1. The zero-order valence-corrected chi connectivity index (χ0v) is 17.7. The summed E-state index contributed by atoms with van der Waals surface area (Å²) < 4.78 is 0. The summed E-state index contributed by atoms with van der Waals surface area (Å²) in [4.78, 5) is 39.4. The van der Waals surface area contributed by atoms with Crippen LogP contribution in [0.5, 0.6) is 0 Å². The highest BCUT2D eigenvalue weighted by atomic mass is 16.6. The number of nitro groups is 1. The lowest BCUT2D eigenvalue weighted by Crippen LogP contribution is -2.36. The average molecular weight is 422 g/mol. The molecule has 31 heavy (non-hydrogen) atoms. The van der Waals surface area contributed by atoms with Crippen molar-refractivity contribution in [1.82, 2.24) is 4.90 Å². The van der Waals surface area contributed by atoms with E-state index in [1.807, 2.05) is 30.0 Å². The molecule has 2 aromatic rings. The van der Waals surface area contributed by atoms with Gasteiger partial charge in [-0.05, 0) is 61.2 Å². The number of non-ortho nitro benzene ring substituents is 1. The lowest BCUT2D eigenvalue weighted by molar-refractivity contribution is -0.384. The second kappa shape index (κ2) is 9.88. The molecule has 1 aliphatic rings. The van der Waals surface area contributed by atoms with Gasteiger partial charge in [0.05, 0.1) is 10.5 Å².